The zero-order valence-electron chi connectivity index (χ0n) is 12.3. The SMILES string of the molecule is O=C(c1cnc(NCc2cncnc2)nc1)N1CCCCC1. The van der Waals surface area contributed by atoms with Crippen LogP contribution in [0.15, 0.2) is 31.1 Å². The van der Waals surface area contributed by atoms with Crippen molar-refractivity contribution in [1.82, 2.24) is 24.8 Å². The molecule has 1 amide bonds. The summed E-state index contributed by atoms with van der Waals surface area (Å²) >= 11 is 0. The monoisotopic (exact) mass is 298 g/mol. The Bertz CT molecular complexity index is 610. The standard InChI is InChI=1S/C15H18N6O/c22-14(21-4-2-1-3-5-21)13-9-19-15(20-10-13)18-8-12-6-16-11-17-7-12/h6-7,9-11H,1-5,8H2,(H,18,19,20). The van der Waals surface area contributed by atoms with Crippen LogP contribution in [-0.4, -0.2) is 43.8 Å². The highest BCUT2D eigenvalue weighted by Crippen LogP contribution is 2.12. The van der Waals surface area contributed by atoms with Crippen molar-refractivity contribution in [3.8, 4) is 0 Å². The summed E-state index contributed by atoms with van der Waals surface area (Å²) in [4.78, 5) is 30.5. The van der Waals surface area contributed by atoms with E-state index in [1.54, 1.807) is 24.8 Å². The molecule has 7 nitrogen and oxygen atoms in total. The number of amides is 1. The minimum absolute atomic E-state index is 0.0164. The lowest BCUT2D eigenvalue weighted by molar-refractivity contribution is 0.0723. The summed E-state index contributed by atoms with van der Waals surface area (Å²) in [5, 5.41) is 3.08. The van der Waals surface area contributed by atoms with Crippen LogP contribution in [0.25, 0.3) is 0 Å². The summed E-state index contributed by atoms with van der Waals surface area (Å²) in [5.74, 6) is 0.502. The van der Waals surface area contributed by atoms with E-state index < -0.39 is 0 Å². The van der Waals surface area contributed by atoms with Crippen LogP contribution in [0.3, 0.4) is 0 Å². The molecule has 0 atom stereocenters. The summed E-state index contributed by atoms with van der Waals surface area (Å²) < 4.78 is 0. The average Bonchev–Trinajstić information content (AvgIpc) is 2.61. The Kier molecular flexibility index (Phi) is 4.53. The topological polar surface area (TPSA) is 83.9 Å². The summed E-state index contributed by atoms with van der Waals surface area (Å²) in [6, 6.07) is 0. The maximum Gasteiger partial charge on any atom is 0.256 e. The lowest BCUT2D eigenvalue weighted by Crippen LogP contribution is -2.35. The van der Waals surface area contributed by atoms with Gasteiger partial charge in [0.15, 0.2) is 0 Å². The van der Waals surface area contributed by atoms with Gasteiger partial charge in [0, 0.05) is 50.0 Å². The van der Waals surface area contributed by atoms with Crippen molar-refractivity contribution in [1.29, 1.82) is 0 Å². The maximum atomic E-state index is 12.3. The zero-order valence-corrected chi connectivity index (χ0v) is 12.3. The van der Waals surface area contributed by atoms with E-state index in [2.05, 4.69) is 25.3 Å². The van der Waals surface area contributed by atoms with E-state index in [1.165, 1.54) is 12.7 Å². The molecule has 1 N–H and O–H groups in total. The first-order valence-corrected chi connectivity index (χ1v) is 7.42. The molecule has 0 aliphatic carbocycles. The fraction of sp³-hybridized carbons (Fsp3) is 0.400. The first-order valence-electron chi connectivity index (χ1n) is 7.42. The molecule has 1 fully saturated rings. The molecule has 2 aromatic heterocycles. The fourth-order valence-corrected chi connectivity index (χ4v) is 2.41. The van der Waals surface area contributed by atoms with E-state index in [-0.39, 0.29) is 5.91 Å². The van der Waals surface area contributed by atoms with Gasteiger partial charge in [-0.25, -0.2) is 19.9 Å². The number of anilines is 1. The third-order valence-corrected chi connectivity index (χ3v) is 3.61. The van der Waals surface area contributed by atoms with Gasteiger partial charge < -0.3 is 10.2 Å². The van der Waals surface area contributed by atoms with E-state index in [4.69, 9.17) is 0 Å². The Labute approximate surface area is 128 Å². The summed E-state index contributed by atoms with van der Waals surface area (Å²) in [5.41, 5.74) is 1.48. The minimum atomic E-state index is 0.0164. The van der Waals surface area contributed by atoms with Crippen molar-refractivity contribution in [3.05, 3.63) is 42.2 Å². The van der Waals surface area contributed by atoms with Crippen molar-refractivity contribution < 1.29 is 4.79 Å². The number of likely N-dealkylation sites (tertiary alicyclic amines) is 1. The van der Waals surface area contributed by atoms with Gasteiger partial charge in [-0.05, 0) is 19.3 Å². The molecule has 0 bridgehead atoms. The Hall–Kier alpha value is -2.57. The van der Waals surface area contributed by atoms with Gasteiger partial charge in [0.25, 0.3) is 5.91 Å². The Morgan fingerprint density at radius 2 is 1.73 bits per heavy atom. The summed E-state index contributed by atoms with van der Waals surface area (Å²) in [6.07, 6.45) is 11.5. The molecule has 2 aromatic rings. The zero-order chi connectivity index (χ0) is 15.2. The molecule has 0 spiro atoms. The Morgan fingerprint density at radius 1 is 1.05 bits per heavy atom. The number of hydrogen-bond acceptors (Lipinski definition) is 6. The number of piperidine rings is 1. The van der Waals surface area contributed by atoms with Gasteiger partial charge in [-0.15, -0.1) is 0 Å². The number of nitrogens with zero attached hydrogens (tertiary/aromatic N) is 5. The molecule has 0 unspecified atom stereocenters. The molecule has 0 saturated carbocycles. The van der Waals surface area contributed by atoms with E-state index in [9.17, 15) is 4.79 Å². The molecular formula is C15H18N6O. The number of hydrogen-bond donors (Lipinski definition) is 1. The van der Waals surface area contributed by atoms with Gasteiger partial charge >= 0.3 is 0 Å². The fourth-order valence-electron chi connectivity index (χ4n) is 2.41. The highest BCUT2D eigenvalue weighted by molar-refractivity contribution is 5.93. The van der Waals surface area contributed by atoms with Crippen molar-refractivity contribution in [3.63, 3.8) is 0 Å². The highest BCUT2D eigenvalue weighted by atomic mass is 16.2. The second-order valence-electron chi connectivity index (χ2n) is 5.25. The maximum absolute atomic E-state index is 12.3. The average molecular weight is 298 g/mol. The Balaban J connectivity index is 1.59. The van der Waals surface area contributed by atoms with E-state index in [0.717, 1.165) is 31.5 Å². The quantitative estimate of drug-likeness (QED) is 0.921. The molecule has 3 heterocycles. The predicted octanol–water partition coefficient (Wildman–Crippen LogP) is 1.50. The number of nitrogens with one attached hydrogen (secondary N) is 1. The molecule has 1 saturated heterocycles. The molecule has 3 rings (SSSR count). The van der Waals surface area contributed by atoms with Gasteiger partial charge in [-0.3, -0.25) is 4.79 Å². The number of rotatable bonds is 4. The third kappa shape index (κ3) is 3.55. The van der Waals surface area contributed by atoms with E-state index in [1.807, 2.05) is 4.90 Å². The lowest BCUT2D eigenvalue weighted by Gasteiger charge is -2.26. The van der Waals surface area contributed by atoms with Crippen molar-refractivity contribution in [2.45, 2.75) is 25.8 Å². The molecule has 114 valence electrons. The van der Waals surface area contributed by atoms with Crippen LogP contribution in [0.2, 0.25) is 0 Å². The van der Waals surface area contributed by atoms with Gasteiger partial charge in [0.05, 0.1) is 5.56 Å². The lowest BCUT2D eigenvalue weighted by atomic mass is 10.1. The van der Waals surface area contributed by atoms with Crippen molar-refractivity contribution in [2.75, 3.05) is 18.4 Å². The smallest absolute Gasteiger partial charge is 0.256 e. The predicted molar refractivity (Wildman–Crippen MR) is 81.1 cm³/mol. The molecule has 0 aromatic carbocycles. The van der Waals surface area contributed by atoms with E-state index >= 15 is 0 Å². The van der Waals surface area contributed by atoms with Crippen LogP contribution in [0, 0.1) is 0 Å². The highest BCUT2D eigenvalue weighted by Gasteiger charge is 2.18. The second-order valence-corrected chi connectivity index (χ2v) is 5.25. The number of aromatic nitrogens is 4. The van der Waals surface area contributed by atoms with Crippen molar-refractivity contribution >= 4 is 11.9 Å². The molecule has 1 aliphatic heterocycles. The molecular weight excluding hydrogens is 280 g/mol. The van der Waals surface area contributed by atoms with Crippen LogP contribution < -0.4 is 5.32 Å². The van der Waals surface area contributed by atoms with Crippen LogP contribution in [0.1, 0.15) is 35.2 Å². The largest absolute Gasteiger partial charge is 0.350 e. The van der Waals surface area contributed by atoms with E-state index in [0.29, 0.717) is 18.1 Å². The van der Waals surface area contributed by atoms with Crippen molar-refractivity contribution in [2.24, 2.45) is 0 Å². The summed E-state index contributed by atoms with van der Waals surface area (Å²) in [7, 11) is 0. The molecule has 1 aliphatic rings. The Morgan fingerprint density at radius 3 is 2.41 bits per heavy atom. The summed E-state index contributed by atoms with van der Waals surface area (Å²) in [6.45, 7) is 2.19. The van der Waals surface area contributed by atoms with Crippen LogP contribution >= 0.6 is 0 Å². The van der Waals surface area contributed by atoms with Gasteiger partial charge in [0.2, 0.25) is 5.95 Å². The normalized spacial score (nSPS) is 14.6. The van der Waals surface area contributed by atoms with Crippen LogP contribution in [0.4, 0.5) is 5.95 Å². The second kappa shape index (κ2) is 6.93. The van der Waals surface area contributed by atoms with Gasteiger partial charge in [0.1, 0.15) is 6.33 Å². The van der Waals surface area contributed by atoms with Gasteiger partial charge in [-0.1, -0.05) is 0 Å². The van der Waals surface area contributed by atoms with Crippen LogP contribution in [-0.2, 0) is 6.54 Å². The minimum Gasteiger partial charge on any atom is -0.350 e. The number of carbonyl (C=O) groups excluding carboxylic acids is 1. The first kappa shape index (κ1) is 14.4. The van der Waals surface area contributed by atoms with Crippen LogP contribution in [0.5, 0.6) is 0 Å². The number of carbonyl (C=O) groups is 1. The molecule has 0 radical (unpaired) electrons. The first-order chi connectivity index (χ1) is 10.8. The molecule has 22 heavy (non-hydrogen) atoms. The van der Waals surface area contributed by atoms with Gasteiger partial charge in [-0.2, -0.15) is 0 Å². The molecule has 7 heteroatoms. The third-order valence-electron chi connectivity index (χ3n) is 3.61.